The van der Waals surface area contributed by atoms with Crippen LogP contribution in [-0.4, -0.2) is 18.0 Å². The van der Waals surface area contributed by atoms with Gasteiger partial charge in [0.25, 0.3) is 10.0 Å². The third-order valence-electron chi connectivity index (χ3n) is 3.93. The van der Waals surface area contributed by atoms with E-state index in [2.05, 4.69) is 9.71 Å². The second-order valence-electron chi connectivity index (χ2n) is 5.57. The van der Waals surface area contributed by atoms with Crippen LogP contribution in [0.1, 0.15) is 0 Å². The number of fused-ring (bicyclic) bond motifs is 2. The largest absolute Gasteiger partial charge is 0.307 e. The van der Waals surface area contributed by atoms with Gasteiger partial charge in [0.1, 0.15) is 0 Å². The molecular formula is C17H13N3O3S2. The smallest absolute Gasteiger partial charge is 0.302 e. The Bertz CT molecular complexity index is 1270. The van der Waals surface area contributed by atoms with E-state index in [1.165, 1.54) is 16.7 Å². The molecule has 1 N–H and O–H groups in total. The van der Waals surface area contributed by atoms with Crippen molar-refractivity contribution in [1.29, 1.82) is 0 Å². The Kier molecular flexibility index (Phi) is 3.59. The minimum absolute atomic E-state index is 0.119. The average molecular weight is 371 g/mol. The van der Waals surface area contributed by atoms with E-state index in [0.29, 0.717) is 15.9 Å². The molecule has 0 aliphatic heterocycles. The van der Waals surface area contributed by atoms with E-state index in [4.69, 9.17) is 0 Å². The molecule has 2 aromatic heterocycles. The summed E-state index contributed by atoms with van der Waals surface area (Å²) in [5.74, 6) is 0. The number of aromatic nitrogens is 2. The van der Waals surface area contributed by atoms with Crippen molar-refractivity contribution in [2.24, 2.45) is 7.05 Å². The molecule has 126 valence electrons. The van der Waals surface area contributed by atoms with Crippen LogP contribution in [0.5, 0.6) is 0 Å². The summed E-state index contributed by atoms with van der Waals surface area (Å²) in [4.78, 5) is 15.9. The van der Waals surface area contributed by atoms with Crippen LogP contribution < -0.4 is 9.60 Å². The predicted octanol–water partition coefficient (Wildman–Crippen LogP) is 2.95. The maximum Gasteiger partial charge on any atom is 0.307 e. The summed E-state index contributed by atoms with van der Waals surface area (Å²) in [6, 6.07) is 13.5. The highest BCUT2D eigenvalue weighted by molar-refractivity contribution is 7.92. The summed E-state index contributed by atoms with van der Waals surface area (Å²) in [6.45, 7) is 0. The maximum absolute atomic E-state index is 12.7. The fourth-order valence-electron chi connectivity index (χ4n) is 2.63. The molecule has 0 aliphatic carbocycles. The first kappa shape index (κ1) is 15.8. The lowest BCUT2D eigenvalue weighted by Gasteiger charge is -2.09. The van der Waals surface area contributed by atoms with Gasteiger partial charge >= 0.3 is 4.87 Å². The summed E-state index contributed by atoms with van der Waals surface area (Å²) in [7, 11) is -2.09. The molecule has 0 bridgehead atoms. The van der Waals surface area contributed by atoms with E-state index in [0.717, 1.165) is 22.2 Å². The molecule has 0 unspecified atom stereocenters. The predicted molar refractivity (Wildman–Crippen MR) is 99.6 cm³/mol. The van der Waals surface area contributed by atoms with Gasteiger partial charge in [-0.1, -0.05) is 17.4 Å². The van der Waals surface area contributed by atoms with E-state index >= 15 is 0 Å². The number of rotatable bonds is 3. The number of nitrogens with zero attached hydrogens (tertiary/aromatic N) is 2. The quantitative estimate of drug-likeness (QED) is 0.600. The van der Waals surface area contributed by atoms with Crippen LogP contribution in [0.3, 0.4) is 0 Å². The number of nitrogens with one attached hydrogen (secondary N) is 1. The minimum atomic E-state index is -3.75. The molecule has 0 saturated carbocycles. The SMILES string of the molecule is Cn1c(=O)sc2cc(S(=O)(=O)Nc3ccc4ncccc4c3)ccc21. The molecule has 0 fully saturated rings. The molecule has 2 aromatic carbocycles. The van der Waals surface area contributed by atoms with E-state index in [-0.39, 0.29) is 9.77 Å². The fraction of sp³-hybridized carbons (Fsp3) is 0.0588. The molecule has 0 spiro atoms. The van der Waals surface area contributed by atoms with Gasteiger partial charge in [-0.15, -0.1) is 0 Å². The van der Waals surface area contributed by atoms with Gasteiger partial charge in [0.15, 0.2) is 0 Å². The standard InChI is InChI=1S/C17H13N3O3S2/c1-20-15-7-5-13(10-16(15)24-17(20)21)25(22,23)19-12-4-6-14-11(9-12)3-2-8-18-14/h2-10,19H,1H3. The van der Waals surface area contributed by atoms with Gasteiger partial charge in [-0.2, -0.15) is 0 Å². The normalized spacial score (nSPS) is 11.9. The Labute approximate surface area is 147 Å². The molecule has 0 saturated heterocycles. The molecule has 4 aromatic rings. The van der Waals surface area contributed by atoms with Crippen LogP contribution in [0.25, 0.3) is 21.1 Å². The number of anilines is 1. The van der Waals surface area contributed by atoms with Gasteiger partial charge in [-0.25, -0.2) is 8.42 Å². The first-order valence-electron chi connectivity index (χ1n) is 7.41. The van der Waals surface area contributed by atoms with Crippen LogP contribution in [0.2, 0.25) is 0 Å². The summed E-state index contributed by atoms with van der Waals surface area (Å²) >= 11 is 1.02. The zero-order chi connectivity index (χ0) is 17.6. The van der Waals surface area contributed by atoms with Crippen molar-refractivity contribution in [3.05, 3.63) is 64.4 Å². The number of hydrogen-bond acceptors (Lipinski definition) is 5. The molecular weight excluding hydrogens is 358 g/mol. The summed E-state index contributed by atoms with van der Waals surface area (Å²) in [5.41, 5.74) is 1.97. The van der Waals surface area contributed by atoms with Gasteiger partial charge in [0.05, 0.1) is 20.6 Å². The van der Waals surface area contributed by atoms with E-state index in [1.54, 1.807) is 43.6 Å². The molecule has 8 heteroatoms. The second kappa shape index (κ2) is 5.68. The van der Waals surface area contributed by atoms with Gasteiger partial charge in [0, 0.05) is 24.3 Å². The third kappa shape index (κ3) is 2.79. The molecule has 2 heterocycles. The molecule has 4 rings (SSSR count). The van der Waals surface area contributed by atoms with Crippen LogP contribution in [0.15, 0.2) is 64.4 Å². The first-order chi connectivity index (χ1) is 11.9. The number of benzene rings is 2. The lowest BCUT2D eigenvalue weighted by molar-refractivity contribution is 0.601. The fourth-order valence-corrected chi connectivity index (χ4v) is 4.70. The lowest BCUT2D eigenvalue weighted by atomic mass is 10.2. The van der Waals surface area contributed by atoms with Crippen molar-refractivity contribution in [1.82, 2.24) is 9.55 Å². The number of pyridine rings is 1. The van der Waals surface area contributed by atoms with Crippen molar-refractivity contribution in [3.63, 3.8) is 0 Å². The molecule has 25 heavy (non-hydrogen) atoms. The molecule has 6 nitrogen and oxygen atoms in total. The Morgan fingerprint density at radius 3 is 2.80 bits per heavy atom. The van der Waals surface area contributed by atoms with Crippen LogP contribution in [-0.2, 0) is 17.1 Å². The number of aryl methyl sites for hydroxylation is 1. The zero-order valence-electron chi connectivity index (χ0n) is 13.1. The van der Waals surface area contributed by atoms with E-state index < -0.39 is 10.0 Å². The average Bonchev–Trinajstić information content (AvgIpc) is 2.88. The Morgan fingerprint density at radius 2 is 1.96 bits per heavy atom. The Balaban J connectivity index is 1.74. The molecule has 0 aliphatic rings. The number of thiazole rings is 1. The Hall–Kier alpha value is -2.71. The number of hydrogen-bond donors (Lipinski definition) is 1. The van der Waals surface area contributed by atoms with Crippen molar-refractivity contribution in [2.75, 3.05) is 4.72 Å². The molecule has 0 atom stereocenters. The summed E-state index contributed by atoms with van der Waals surface area (Å²) < 4.78 is 30.0. The van der Waals surface area contributed by atoms with Gasteiger partial charge in [-0.3, -0.25) is 14.5 Å². The van der Waals surface area contributed by atoms with Crippen molar-refractivity contribution < 1.29 is 8.42 Å². The van der Waals surface area contributed by atoms with Gasteiger partial charge < -0.3 is 4.57 Å². The van der Waals surface area contributed by atoms with Gasteiger partial charge in [0.2, 0.25) is 0 Å². The first-order valence-corrected chi connectivity index (χ1v) is 9.71. The van der Waals surface area contributed by atoms with Crippen LogP contribution >= 0.6 is 11.3 Å². The van der Waals surface area contributed by atoms with Crippen molar-refractivity contribution >= 4 is 48.2 Å². The lowest BCUT2D eigenvalue weighted by Crippen LogP contribution is -2.13. The molecule has 0 amide bonds. The monoisotopic (exact) mass is 371 g/mol. The summed E-state index contributed by atoms with van der Waals surface area (Å²) in [6.07, 6.45) is 1.69. The minimum Gasteiger partial charge on any atom is -0.302 e. The highest BCUT2D eigenvalue weighted by Crippen LogP contribution is 2.24. The summed E-state index contributed by atoms with van der Waals surface area (Å²) in [5, 5.41) is 0.847. The third-order valence-corrected chi connectivity index (χ3v) is 6.30. The van der Waals surface area contributed by atoms with E-state index in [1.807, 2.05) is 6.07 Å². The van der Waals surface area contributed by atoms with Gasteiger partial charge in [-0.05, 0) is 42.5 Å². The second-order valence-corrected chi connectivity index (χ2v) is 8.25. The van der Waals surface area contributed by atoms with Crippen LogP contribution in [0.4, 0.5) is 5.69 Å². The Morgan fingerprint density at radius 1 is 1.12 bits per heavy atom. The maximum atomic E-state index is 12.7. The van der Waals surface area contributed by atoms with Crippen molar-refractivity contribution in [3.8, 4) is 0 Å². The highest BCUT2D eigenvalue weighted by Gasteiger charge is 2.16. The molecule has 0 radical (unpaired) electrons. The zero-order valence-corrected chi connectivity index (χ0v) is 14.8. The topological polar surface area (TPSA) is 81.1 Å². The van der Waals surface area contributed by atoms with Crippen LogP contribution in [0, 0.1) is 0 Å². The highest BCUT2D eigenvalue weighted by atomic mass is 32.2. The van der Waals surface area contributed by atoms with Crippen molar-refractivity contribution in [2.45, 2.75) is 4.90 Å². The van der Waals surface area contributed by atoms with E-state index in [9.17, 15) is 13.2 Å². The number of sulfonamides is 1.